The van der Waals surface area contributed by atoms with Crippen molar-refractivity contribution in [2.75, 3.05) is 0 Å². The zero-order valence-corrected chi connectivity index (χ0v) is 46.8. The van der Waals surface area contributed by atoms with E-state index in [1.54, 1.807) is 0 Å². The maximum atomic E-state index is 4.93. The number of hydrogen-bond acceptors (Lipinski definition) is 4. The van der Waals surface area contributed by atoms with E-state index in [9.17, 15) is 0 Å². The number of pyridine rings is 4. The maximum Gasteiger partial charge on any atom is 2.00 e. The SMILES string of the molecule is Cc1cccc(C)c1-c1cccc2nc(N=c3cc(-c4c(C)cccc4C)c4ccccc4[n-]3)ccc12.Cc1cccc(C)c1-c1cccc2nc(N=c3ccc4c(-c5c(C)cccc5C)cccc4[n-]3)ccc12.[Zn+2]. The zero-order chi connectivity index (χ0) is 51.0. The normalized spacial score (nSPS) is 11.8. The van der Waals surface area contributed by atoms with Crippen LogP contribution in [0.1, 0.15) is 44.5 Å². The van der Waals surface area contributed by atoms with Crippen LogP contribution in [0.3, 0.4) is 0 Å². The van der Waals surface area contributed by atoms with Crippen LogP contribution in [0.2, 0.25) is 0 Å². The molecule has 0 saturated carbocycles. The average molecular weight is 1020 g/mol. The second kappa shape index (κ2) is 21.2. The first kappa shape index (κ1) is 50.2. The summed E-state index contributed by atoms with van der Waals surface area (Å²) in [5.41, 5.74) is 24.9. The van der Waals surface area contributed by atoms with Crippen LogP contribution >= 0.6 is 0 Å². The van der Waals surface area contributed by atoms with Gasteiger partial charge in [0, 0.05) is 10.8 Å². The molecule has 0 spiro atoms. The molecule has 12 rings (SSSR count). The zero-order valence-electron chi connectivity index (χ0n) is 43.9. The van der Waals surface area contributed by atoms with Gasteiger partial charge in [-0.1, -0.05) is 181 Å². The fraction of sp³-hybridized carbons (Fsp3) is 0.118. The Hall–Kier alpha value is -8.38. The summed E-state index contributed by atoms with van der Waals surface area (Å²) in [6.45, 7) is 17.3. The number of fused-ring (bicyclic) bond motifs is 4. The van der Waals surface area contributed by atoms with Gasteiger partial charge in [-0.3, -0.25) is 9.97 Å². The molecule has 0 bridgehead atoms. The molecule has 0 unspecified atom stereocenters. The van der Waals surface area contributed by atoms with Crippen molar-refractivity contribution in [2.45, 2.75) is 55.4 Å². The van der Waals surface area contributed by atoms with E-state index >= 15 is 0 Å². The summed E-state index contributed by atoms with van der Waals surface area (Å²) in [6.07, 6.45) is 0. The van der Waals surface area contributed by atoms with Gasteiger partial charge in [-0.05, 0) is 190 Å². The Kier molecular flexibility index (Phi) is 14.2. The molecule has 0 N–H and O–H groups in total. The Bertz CT molecular complexity index is 4220. The minimum atomic E-state index is 0. The van der Waals surface area contributed by atoms with Crippen LogP contribution in [-0.2, 0) is 19.5 Å². The van der Waals surface area contributed by atoms with Crippen LogP contribution in [0.5, 0.6) is 0 Å². The van der Waals surface area contributed by atoms with Gasteiger partial charge in [0.05, 0.1) is 22.7 Å². The van der Waals surface area contributed by atoms with Gasteiger partial charge in [0.1, 0.15) is 0 Å². The molecule has 0 amide bonds. The molecule has 0 aliphatic rings. The quantitative estimate of drug-likeness (QED) is 0.155. The number of hydrogen-bond donors (Lipinski definition) is 0. The first-order valence-electron chi connectivity index (χ1n) is 25.3. The average Bonchev–Trinajstić information content (AvgIpc) is 3.39. The van der Waals surface area contributed by atoms with E-state index in [0.29, 0.717) is 22.6 Å². The molecule has 75 heavy (non-hydrogen) atoms. The summed E-state index contributed by atoms with van der Waals surface area (Å²) in [5, 5.41) is 4.51. The van der Waals surface area contributed by atoms with Crippen LogP contribution in [0.15, 0.2) is 204 Å². The van der Waals surface area contributed by atoms with Crippen LogP contribution in [0.25, 0.3) is 88.1 Å². The summed E-state index contributed by atoms with van der Waals surface area (Å²) >= 11 is 0. The van der Waals surface area contributed by atoms with Crippen LogP contribution in [0, 0.1) is 55.4 Å². The van der Waals surface area contributed by atoms with Crippen molar-refractivity contribution in [3.05, 3.63) is 250 Å². The third-order valence-corrected chi connectivity index (χ3v) is 14.3. The van der Waals surface area contributed by atoms with E-state index in [4.69, 9.17) is 29.9 Å². The molecule has 0 fully saturated rings. The maximum absolute atomic E-state index is 4.93. The van der Waals surface area contributed by atoms with Crippen molar-refractivity contribution in [1.82, 2.24) is 19.9 Å². The molecule has 0 radical (unpaired) electrons. The van der Waals surface area contributed by atoms with Gasteiger partial charge in [-0.25, -0.2) is 0 Å². The molecule has 0 aliphatic carbocycles. The molecular weight excluding hydrogens is 966 g/mol. The number of aromatic nitrogens is 4. The van der Waals surface area contributed by atoms with Crippen molar-refractivity contribution in [1.29, 1.82) is 0 Å². The molecule has 8 aromatic carbocycles. The minimum absolute atomic E-state index is 0. The molecular formula is C68H56N6Zn. The Morgan fingerprint density at radius 1 is 0.293 bits per heavy atom. The molecule has 4 aromatic heterocycles. The number of rotatable bonds is 6. The van der Waals surface area contributed by atoms with Crippen molar-refractivity contribution >= 4 is 55.2 Å². The van der Waals surface area contributed by atoms with Gasteiger partial charge < -0.3 is 20.0 Å². The van der Waals surface area contributed by atoms with Crippen molar-refractivity contribution < 1.29 is 19.5 Å². The van der Waals surface area contributed by atoms with Gasteiger partial charge >= 0.3 is 19.5 Å². The molecule has 0 saturated heterocycles. The fourth-order valence-electron chi connectivity index (χ4n) is 10.9. The molecule has 12 aromatic rings. The van der Waals surface area contributed by atoms with Gasteiger partial charge in [0.25, 0.3) is 0 Å². The molecule has 0 atom stereocenters. The van der Waals surface area contributed by atoms with E-state index in [1.807, 2.05) is 24.3 Å². The second-order valence-electron chi connectivity index (χ2n) is 19.5. The summed E-state index contributed by atoms with van der Waals surface area (Å²) < 4.78 is 0. The van der Waals surface area contributed by atoms with Crippen molar-refractivity contribution in [2.24, 2.45) is 9.98 Å². The predicted octanol–water partition coefficient (Wildman–Crippen LogP) is 16.3. The van der Waals surface area contributed by atoms with E-state index < -0.39 is 0 Å². The summed E-state index contributed by atoms with van der Waals surface area (Å²) in [5.74, 6) is 1.31. The Morgan fingerprint density at radius 2 is 0.627 bits per heavy atom. The minimum Gasteiger partial charge on any atom is -0.436 e. The standard InChI is InChI=1S/2C34H28N3.Zn/c1-21-9-5-10-22(2)33(21)27-13-7-15-29-25(27)17-19-31(35-29)37-32-20-18-26-28(14-8-16-30(26)36-32)34-23(3)11-6-12-24(34)4;1-21-10-7-11-22(2)33(21)27-15-9-17-30-26(27)18-19-31(35-30)37-32-20-28(25-14-5-6-16-29(25)36-32)34-23(3)12-8-13-24(34)4;/h2*5-20H,1-4H3;/q2*-1;+2. The summed E-state index contributed by atoms with van der Waals surface area (Å²) in [7, 11) is 0. The topological polar surface area (TPSA) is 78.7 Å². The van der Waals surface area contributed by atoms with Crippen LogP contribution in [-0.4, -0.2) is 9.97 Å². The van der Waals surface area contributed by atoms with Crippen LogP contribution < -0.4 is 20.9 Å². The fourth-order valence-corrected chi connectivity index (χ4v) is 10.9. The van der Waals surface area contributed by atoms with Crippen LogP contribution in [0.4, 0.5) is 11.6 Å². The Labute approximate surface area is 451 Å². The van der Waals surface area contributed by atoms with E-state index in [2.05, 4.69) is 225 Å². The Morgan fingerprint density at radius 3 is 1.09 bits per heavy atom. The third-order valence-electron chi connectivity index (χ3n) is 14.3. The first-order chi connectivity index (χ1) is 36.0. The van der Waals surface area contributed by atoms with E-state index in [0.717, 1.165) is 49.2 Å². The van der Waals surface area contributed by atoms with Crippen molar-refractivity contribution in [3.63, 3.8) is 0 Å². The molecule has 7 heteroatoms. The summed E-state index contributed by atoms with van der Waals surface area (Å²) in [6, 6.07) is 67.4. The number of nitrogens with zero attached hydrogens (tertiary/aromatic N) is 6. The predicted molar refractivity (Wildman–Crippen MR) is 308 cm³/mol. The van der Waals surface area contributed by atoms with E-state index in [1.165, 1.54) is 83.5 Å². The van der Waals surface area contributed by atoms with Gasteiger partial charge in [-0.15, -0.1) is 0 Å². The van der Waals surface area contributed by atoms with Gasteiger partial charge in [0.15, 0.2) is 0 Å². The van der Waals surface area contributed by atoms with Gasteiger partial charge in [-0.2, -0.15) is 0 Å². The second-order valence-corrected chi connectivity index (χ2v) is 19.5. The van der Waals surface area contributed by atoms with E-state index in [-0.39, 0.29) is 19.5 Å². The smallest absolute Gasteiger partial charge is 0.436 e. The number of aryl methyl sites for hydroxylation is 8. The molecule has 360 valence electrons. The Balaban J connectivity index is 0.000000169. The van der Waals surface area contributed by atoms with Crippen molar-refractivity contribution in [3.8, 4) is 44.5 Å². The molecule has 0 aliphatic heterocycles. The summed E-state index contributed by atoms with van der Waals surface area (Å²) in [4.78, 5) is 29.3. The first-order valence-corrected chi connectivity index (χ1v) is 25.3. The molecule has 6 nitrogen and oxygen atoms in total. The van der Waals surface area contributed by atoms with Gasteiger partial charge in [0.2, 0.25) is 0 Å². The number of benzene rings is 8. The third kappa shape index (κ3) is 9.92. The largest absolute Gasteiger partial charge is 2.00 e. The number of para-hydroxylation sites is 1. The monoisotopic (exact) mass is 1020 g/mol. The molecule has 4 heterocycles.